The summed E-state index contributed by atoms with van der Waals surface area (Å²) >= 11 is 5.36. The Balaban J connectivity index is 1.51. The number of amides is 1. The van der Waals surface area contributed by atoms with Crippen LogP contribution in [-0.2, 0) is 17.9 Å². The summed E-state index contributed by atoms with van der Waals surface area (Å²) in [6.07, 6.45) is 3.99. The lowest BCUT2D eigenvalue weighted by Gasteiger charge is -2.22. The molecule has 2 aromatic carbocycles. The lowest BCUT2D eigenvalue weighted by molar-refractivity contribution is -0.132. The van der Waals surface area contributed by atoms with E-state index in [1.54, 1.807) is 4.57 Å². The standard InChI is InChI=1S/C24H29N3O2S/c1-2-16-26(18-19-11-5-3-6-12-19)22(28)15-7-4-10-17-27-23(29)20-13-8-9-14-21(20)25-24(27)30/h3,5-6,8-9,11-14H,2,4,7,10,15-18H2,1H3,(H,25,30). The highest BCUT2D eigenvalue weighted by molar-refractivity contribution is 7.71. The first-order valence-corrected chi connectivity index (χ1v) is 11.0. The molecule has 0 spiro atoms. The number of benzene rings is 2. The zero-order chi connectivity index (χ0) is 21.3. The average Bonchev–Trinajstić information content (AvgIpc) is 2.76. The van der Waals surface area contributed by atoms with Gasteiger partial charge in [-0.05, 0) is 49.2 Å². The number of nitrogens with zero attached hydrogens (tertiary/aromatic N) is 2. The molecule has 0 radical (unpaired) electrons. The van der Waals surface area contributed by atoms with E-state index >= 15 is 0 Å². The van der Waals surface area contributed by atoms with Crippen molar-refractivity contribution in [3.63, 3.8) is 0 Å². The Bertz CT molecular complexity index is 1090. The molecule has 1 heterocycles. The van der Waals surface area contributed by atoms with Crippen LogP contribution in [0, 0.1) is 4.77 Å². The van der Waals surface area contributed by atoms with Crippen LogP contribution in [0.5, 0.6) is 0 Å². The van der Waals surface area contributed by atoms with Crippen molar-refractivity contribution < 1.29 is 4.79 Å². The Morgan fingerprint density at radius 3 is 2.53 bits per heavy atom. The lowest BCUT2D eigenvalue weighted by Crippen LogP contribution is -2.31. The van der Waals surface area contributed by atoms with Crippen LogP contribution in [-0.4, -0.2) is 26.9 Å². The fraction of sp³-hybridized carbons (Fsp3) is 0.375. The van der Waals surface area contributed by atoms with Crippen molar-refractivity contribution in [2.45, 2.75) is 52.1 Å². The average molecular weight is 424 g/mol. The largest absolute Gasteiger partial charge is 0.338 e. The molecule has 0 bridgehead atoms. The van der Waals surface area contributed by atoms with E-state index in [4.69, 9.17) is 12.2 Å². The van der Waals surface area contributed by atoms with Crippen LogP contribution in [0.25, 0.3) is 10.9 Å². The van der Waals surface area contributed by atoms with Gasteiger partial charge in [0.15, 0.2) is 4.77 Å². The van der Waals surface area contributed by atoms with Crippen LogP contribution >= 0.6 is 12.2 Å². The van der Waals surface area contributed by atoms with Crippen LogP contribution in [0.4, 0.5) is 0 Å². The van der Waals surface area contributed by atoms with Gasteiger partial charge in [-0.15, -0.1) is 0 Å². The summed E-state index contributed by atoms with van der Waals surface area (Å²) in [5.41, 5.74) is 1.87. The zero-order valence-electron chi connectivity index (χ0n) is 17.5. The lowest BCUT2D eigenvalue weighted by atomic mass is 10.1. The van der Waals surface area contributed by atoms with Crippen LogP contribution in [0.3, 0.4) is 0 Å². The molecule has 1 amide bonds. The Hall–Kier alpha value is -2.73. The molecule has 3 rings (SSSR count). The molecule has 0 saturated carbocycles. The molecule has 1 aromatic heterocycles. The van der Waals surface area contributed by atoms with E-state index in [1.807, 2.05) is 47.4 Å². The summed E-state index contributed by atoms with van der Waals surface area (Å²) in [5.74, 6) is 0.195. The number of aromatic amines is 1. The summed E-state index contributed by atoms with van der Waals surface area (Å²) < 4.78 is 2.07. The van der Waals surface area contributed by atoms with E-state index in [1.165, 1.54) is 0 Å². The molecule has 30 heavy (non-hydrogen) atoms. The van der Waals surface area contributed by atoms with Crippen molar-refractivity contribution in [2.75, 3.05) is 6.54 Å². The molecular weight excluding hydrogens is 394 g/mol. The van der Waals surface area contributed by atoms with Crippen molar-refractivity contribution >= 4 is 29.0 Å². The Morgan fingerprint density at radius 1 is 1.03 bits per heavy atom. The molecule has 0 fully saturated rings. The number of fused-ring (bicyclic) bond motifs is 1. The maximum Gasteiger partial charge on any atom is 0.262 e. The van der Waals surface area contributed by atoms with Crippen molar-refractivity contribution in [1.29, 1.82) is 0 Å². The highest BCUT2D eigenvalue weighted by Gasteiger charge is 2.13. The van der Waals surface area contributed by atoms with Gasteiger partial charge in [0.2, 0.25) is 5.91 Å². The molecule has 1 N–H and O–H groups in total. The Morgan fingerprint density at radius 2 is 1.77 bits per heavy atom. The van der Waals surface area contributed by atoms with Gasteiger partial charge in [0.05, 0.1) is 10.9 Å². The number of nitrogens with one attached hydrogen (secondary N) is 1. The van der Waals surface area contributed by atoms with Crippen LogP contribution in [0.2, 0.25) is 0 Å². The monoisotopic (exact) mass is 423 g/mol. The van der Waals surface area contributed by atoms with E-state index in [-0.39, 0.29) is 11.5 Å². The molecule has 0 aliphatic carbocycles. The topological polar surface area (TPSA) is 58.1 Å². The van der Waals surface area contributed by atoms with E-state index < -0.39 is 0 Å². The molecule has 6 heteroatoms. The second kappa shape index (κ2) is 10.9. The second-order valence-electron chi connectivity index (χ2n) is 7.54. The predicted molar refractivity (Wildman–Crippen MR) is 124 cm³/mol. The second-order valence-corrected chi connectivity index (χ2v) is 7.93. The molecule has 0 aliphatic heterocycles. The van der Waals surface area contributed by atoms with Crippen LogP contribution < -0.4 is 5.56 Å². The summed E-state index contributed by atoms with van der Waals surface area (Å²) in [6, 6.07) is 17.5. The fourth-order valence-corrected chi connectivity index (χ4v) is 3.93. The highest BCUT2D eigenvalue weighted by Crippen LogP contribution is 2.11. The molecule has 158 valence electrons. The molecule has 0 saturated heterocycles. The molecule has 3 aromatic rings. The maximum absolute atomic E-state index is 12.7. The smallest absolute Gasteiger partial charge is 0.262 e. The quantitative estimate of drug-likeness (QED) is 0.366. The number of hydrogen-bond acceptors (Lipinski definition) is 3. The van der Waals surface area contributed by atoms with Crippen LogP contribution in [0.15, 0.2) is 59.4 Å². The number of rotatable bonds is 10. The molecule has 0 aliphatic rings. The van der Waals surface area contributed by atoms with E-state index in [9.17, 15) is 9.59 Å². The number of carbonyl (C=O) groups is 1. The third-order valence-corrected chi connectivity index (χ3v) is 5.55. The minimum Gasteiger partial charge on any atom is -0.338 e. The van der Waals surface area contributed by atoms with Gasteiger partial charge in [0, 0.05) is 26.1 Å². The van der Waals surface area contributed by atoms with Crippen LogP contribution in [0.1, 0.15) is 44.6 Å². The maximum atomic E-state index is 12.7. The third-order valence-electron chi connectivity index (χ3n) is 5.22. The van der Waals surface area contributed by atoms with E-state index in [2.05, 4.69) is 24.0 Å². The first-order valence-electron chi connectivity index (χ1n) is 10.6. The summed E-state index contributed by atoms with van der Waals surface area (Å²) in [6.45, 7) is 4.09. The van der Waals surface area contributed by atoms with Crippen molar-refractivity contribution in [3.8, 4) is 0 Å². The van der Waals surface area contributed by atoms with Gasteiger partial charge in [0.25, 0.3) is 5.56 Å². The number of hydrogen-bond donors (Lipinski definition) is 1. The number of unbranched alkanes of at least 4 members (excludes halogenated alkanes) is 2. The summed E-state index contributed by atoms with van der Waals surface area (Å²) in [4.78, 5) is 30.4. The number of aromatic nitrogens is 2. The van der Waals surface area contributed by atoms with E-state index in [0.717, 1.165) is 43.3 Å². The number of para-hydroxylation sites is 1. The van der Waals surface area contributed by atoms with Gasteiger partial charge in [-0.3, -0.25) is 14.2 Å². The van der Waals surface area contributed by atoms with Gasteiger partial charge in [-0.25, -0.2) is 0 Å². The first kappa shape index (κ1) is 22.0. The van der Waals surface area contributed by atoms with Gasteiger partial charge < -0.3 is 9.88 Å². The number of H-pyrrole nitrogens is 1. The number of carbonyl (C=O) groups excluding carboxylic acids is 1. The molecule has 0 atom stereocenters. The van der Waals surface area contributed by atoms with Crippen molar-refractivity contribution in [2.24, 2.45) is 0 Å². The molecule has 5 nitrogen and oxygen atoms in total. The third kappa shape index (κ3) is 5.66. The van der Waals surface area contributed by atoms with Crippen molar-refractivity contribution in [1.82, 2.24) is 14.5 Å². The first-order chi connectivity index (χ1) is 14.6. The van der Waals surface area contributed by atoms with Gasteiger partial charge in [0.1, 0.15) is 0 Å². The minimum atomic E-state index is -0.0533. The van der Waals surface area contributed by atoms with Gasteiger partial charge in [-0.2, -0.15) is 0 Å². The molecular formula is C24H29N3O2S. The fourth-order valence-electron chi connectivity index (χ4n) is 3.65. The molecule has 0 unspecified atom stereocenters. The van der Waals surface area contributed by atoms with Gasteiger partial charge in [-0.1, -0.05) is 55.8 Å². The summed E-state index contributed by atoms with van der Waals surface area (Å²) in [7, 11) is 0. The Labute approximate surface area is 182 Å². The zero-order valence-corrected chi connectivity index (χ0v) is 18.3. The Kier molecular flexibility index (Phi) is 7.97. The highest BCUT2D eigenvalue weighted by atomic mass is 32.1. The summed E-state index contributed by atoms with van der Waals surface area (Å²) in [5, 5.41) is 0.650. The predicted octanol–water partition coefficient (Wildman–Crippen LogP) is 5.06. The SMILES string of the molecule is CCCN(Cc1ccccc1)C(=O)CCCCCn1c(=S)[nH]c2ccccc2c1=O. The minimum absolute atomic E-state index is 0.0533. The van der Waals surface area contributed by atoms with Crippen molar-refractivity contribution in [3.05, 3.63) is 75.3 Å². The van der Waals surface area contributed by atoms with Gasteiger partial charge >= 0.3 is 0 Å². The van der Waals surface area contributed by atoms with E-state index in [0.29, 0.717) is 29.7 Å². The normalized spacial score (nSPS) is 11.0.